The van der Waals surface area contributed by atoms with Gasteiger partial charge in [-0.25, -0.2) is 4.83 Å². The number of benzene rings is 3. The van der Waals surface area contributed by atoms with Gasteiger partial charge < -0.3 is 5.11 Å². The van der Waals surface area contributed by atoms with Gasteiger partial charge in [0, 0.05) is 17.7 Å². The first-order valence-electron chi connectivity index (χ1n) is 7.38. The van der Waals surface area contributed by atoms with E-state index in [4.69, 9.17) is 0 Å². The molecule has 3 aromatic rings. The summed E-state index contributed by atoms with van der Waals surface area (Å²) in [5.74, 6) is -0.0398. The molecule has 2 N–H and O–H groups in total. The Kier molecular flexibility index (Phi) is 4.55. The van der Waals surface area contributed by atoms with Gasteiger partial charge in [-0.3, -0.25) is 10.1 Å². The van der Waals surface area contributed by atoms with Crippen molar-refractivity contribution < 1.29 is 18.4 Å². The number of aromatic hydroxyl groups is 1. The zero-order valence-corrected chi connectivity index (χ0v) is 14.1. The molecule has 8 nitrogen and oxygen atoms in total. The first-order chi connectivity index (χ1) is 12.4. The van der Waals surface area contributed by atoms with Gasteiger partial charge in [-0.15, -0.1) is 0 Å². The summed E-state index contributed by atoms with van der Waals surface area (Å²) in [5.41, 5.74) is 0.155. The summed E-state index contributed by atoms with van der Waals surface area (Å²) < 4.78 is 24.4. The molecule has 3 aromatic carbocycles. The number of phenols is 1. The number of fused-ring (bicyclic) bond motifs is 1. The summed E-state index contributed by atoms with van der Waals surface area (Å²) in [6, 6.07) is 14.9. The maximum absolute atomic E-state index is 12.2. The Morgan fingerprint density at radius 3 is 2.42 bits per heavy atom. The maximum atomic E-state index is 12.2. The minimum absolute atomic E-state index is 0.0398. The Labute approximate surface area is 148 Å². The molecule has 0 spiro atoms. The van der Waals surface area contributed by atoms with Gasteiger partial charge in [0.05, 0.1) is 16.0 Å². The number of nitro benzene ring substituents is 1. The molecule has 0 unspecified atom stereocenters. The smallest absolute Gasteiger partial charge is 0.276 e. The van der Waals surface area contributed by atoms with Crippen LogP contribution in [0.1, 0.15) is 5.56 Å². The van der Waals surface area contributed by atoms with E-state index in [-0.39, 0.29) is 16.3 Å². The van der Waals surface area contributed by atoms with Gasteiger partial charge in [0.15, 0.2) is 0 Å². The molecule has 0 bridgehead atoms. The predicted octanol–water partition coefficient (Wildman–Crippen LogP) is 2.77. The Morgan fingerprint density at radius 2 is 1.73 bits per heavy atom. The van der Waals surface area contributed by atoms with Crippen molar-refractivity contribution in [1.82, 2.24) is 4.83 Å². The number of nitro groups is 1. The van der Waals surface area contributed by atoms with Crippen molar-refractivity contribution in [2.45, 2.75) is 4.90 Å². The van der Waals surface area contributed by atoms with Crippen LogP contribution in [0.4, 0.5) is 5.69 Å². The van der Waals surface area contributed by atoms with Crippen LogP contribution in [0.2, 0.25) is 0 Å². The summed E-state index contributed by atoms with van der Waals surface area (Å²) in [6.45, 7) is 0. The van der Waals surface area contributed by atoms with Crippen LogP contribution < -0.4 is 4.83 Å². The lowest BCUT2D eigenvalue weighted by Crippen LogP contribution is -2.18. The quantitative estimate of drug-likeness (QED) is 0.406. The average Bonchev–Trinajstić information content (AvgIpc) is 2.63. The van der Waals surface area contributed by atoms with Crippen molar-refractivity contribution in [2.24, 2.45) is 5.10 Å². The third-order valence-corrected chi connectivity index (χ3v) is 4.91. The Bertz CT molecular complexity index is 1110. The minimum Gasteiger partial charge on any atom is -0.507 e. The average molecular weight is 371 g/mol. The molecule has 9 heteroatoms. The van der Waals surface area contributed by atoms with Gasteiger partial charge in [-0.2, -0.15) is 13.5 Å². The first-order valence-corrected chi connectivity index (χ1v) is 8.87. The van der Waals surface area contributed by atoms with Crippen LogP contribution in [0, 0.1) is 10.1 Å². The maximum Gasteiger partial charge on any atom is 0.276 e. The van der Waals surface area contributed by atoms with Crippen molar-refractivity contribution in [3.63, 3.8) is 0 Å². The van der Waals surface area contributed by atoms with E-state index in [0.29, 0.717) is 10.9 Å². The van der Waals surface area contributed by atoms with Crippen LogP contribution in [0.5, 0.6) is 5.75 Å². The van der Waals surface area contributed by atoms with Crippen molar-refractivity contribution in [1.29, 1.82) is 0 Å². The second kappa shape index (κ2) is 6.81. The number of nitrogens with zero attached hydrogens (tertiary/aromatic N) is 2. The van der Waals surface area contributed by atoms with Gasteiger partial charge in [0.2, 0.25) is 0 Å². The molecule has 0 heterocycles. The van der Waals surface area contributed by atoms with Gasteiger partial charge >= 0.3 is 0 Å². The van der Waals surface area contributed by atoms with Gasteiger partial charge in [-0.1, -0.05) is 30.3 Å². The summed E-state index contributed by atoms with van der Waals surface area (Å²) in [5, 5.41) is 25.9. The summed E-state index contributed by atoms with van der Waals surface area (Å²) in [7, 11) is -3.99. The molecule has 0 aliphatic heterocycles. The molecular formula is C17H13N3O5S. The lowest BCUT2D eigenvalue weighted by Gasteiger charge is -2.06. The highest BCUT2D eigenvalue weighted by Gasteiger charge is 2.15. The largest absolute Gasteiger partial charge is 0.507 e. The molecule has 0 aromatic heterocycles. The summed E-state index contributed by atoms with van der Waals surface area (Å²) in [6.07, 6.45) is 1.21. The topological polar surface area (TPSA) is 122 Å². The minimum atomic E-state index is -3.99. The standard InChI is InChI=1S/C17H13N3O5S/c21-17-10-5-12-3-1-2-4-15(12)16(17)11-18-19-26(24,25)14-8-6-13(7-9-14)20(22)23/h1-11,19,21H/b18-11+. The van der Waals surface area contributed by atoms with Crippen molar-refractivity contribution >= 4 is 32.7 Å². The number of phenolic OH excluding ortho intramolecular Hbond substituents is 1. The van der Waals surface area contributed by atoms with Gasteiger partial charge in [-0.05, 0) is 29.0 Å². The number of rotatable bonds is 5. The van der Waals surface area contributed by atoms with Crippen LogP contribution in [-0.2, 0) is 10.0 Å². The molecule has 0 amide bonds. The Balaban J connectivity index is 1.86. The molecule has 26 heavy (non-hydrogen) atoms. The van der Waals surface area contributed by atoms with Crippen LogP contribution in [0.15, 0.2) is 70.7 Å². The molecule has 0 saturated carbocycles. The van der Waals surface area contributed by atoms with E-state index in [2.05, 4.69) is 5.10 Å². The van der Waals surface area contributed by atoms with Crippen LogP contribution in [-0.4, -0.2) is 24.7 Å². The third kappa shape index (κ3) is 3.47. The zero-order valence-electron chi connectivity index (χ0n) is 13.2. The van der Waals surface area contributed by atoms with E-state index in [1.165, 1.54) is 12.3 Å². The molecular weight excluding hydrogens is 358 g/mol. The summed E-state index contributed by atoms with van der Waals surface area (Å²) in [4.78, 5) is 11.9. The Morgan fingerprint density at radius 1 is 1.04 bits per heavy atom. The van der Waals surface area contributed by atoms with Crippen LogP contribution in [0.3, 0.4) is 0 Å². The number of sulfonamides is 1. The van der Waals surface area contributed by atoms with Gasteiger partial charge in [0.1, 0.15) is 5.75 Å². The van der Waals surface area contributed by atoms with E-state index in [9.17, 15) is 23.6 Å². The molecule has 0 atom stereocenters. The van der Waals surface area contributed by atoms with Crippen molar-refractivity contribution in [2.75, 3.05) is 0 Å². The van der Waals surface area contributed by atoms with E-state index < -0.39 is 14.9 Å². The lowest BCUT2D eigenvalue weighted by atomic mass is 10.0. The fourth-order valence-electron chi connectivity index (χ4n) is 2.38. The highest BCUT2D eigenvalue weighted by Crippen LogP contribution is 2.25. The van der Waals surface area contributed by atoms with Crippen LogP contribution >= 0.6 is 0 Å². The first kappa shape index (κ1) is 17.4. The molecule has 0 aliphatic rings. The summed E-state index contributed by atoms with van der Waals surface area (Å²) >= 11 is 0. The van der Waals surface area contributed by atoms with Crippen LogP contribution in [0.25, 0.3) is 10.8 Å². The molecule has 0 fully saturated rings. The van der Waals surface area contributed by atoms with Crippen molar-refractivity contribution in [3.8, 4) is 5.75 Å². The van der Waals surface area contributed by atoms with E-state index in [1.54, 1.807) is 18.2 Å². The van der Waals surface area contributed by atoms with Crippen molar-refractivity contribution in [3.05, 3.63) is 76.3 Å². The van der Waals surface area contributed by atoms with E-state index >= 15 is 0 Å². The highest BCUT2D eigenvalue weighted by molar-refractivity contribution is 7.89. The van der Waals surface area contributed by atoms with E-state index in [1.807, 2.05) is 17.0 Å². The highest BCUT2D eigenvalue weighted by atomic mass is 32.2. The molecule has 132 valence electrons. The fourth-order valence-corrected chi connectivity index (χ4v) is 3.17. The second-order valence-electron chi connectivity index (χ2n) is 5.32. The monoisotopic (exact) mass is 371 g/mol. The van der Waals surface area contributed by atoms with Gasteiger partial charge in [0.25, 0.3) is 15.7 Å². The number of hydrogen-bond acceptors (Lipinski definition) is 6. The molecule has 0 radical (unpaired) electrons. The number of nitrogens with one attached hydrogen (secondary N) is 1. The fraction of sp³-hybridized carbons (Fsp3) is 0. The normalized spacial score (nSPS) is 11.7. The molecule has 0 saturated heterocycles. The Hall–Kier alpha value is -3.46. The van der Waals surface area contributed by atoms with E-state index in [0.717, 1.165) is 29.7 Å². The molecule has 0 aliphatic carbocycles. The third-order valence-electron chi connectivity index (χ3n) is 3.67. The number of non-ortho nitro benzene ring substituents is 1. The SMILES string of the molecule is O=[N+]([O-])c1ccc(S(=O)(=O)N/N=C/c2c(O)ccc3ccccc23)cc1. The predicted molar refractivity (Wildman–Crippen MR) is 96.6 cm³/mol. The number of hydrazone groups is 1. The number of hydrogen-bond donors (Lipinski definition) is 2. The lowest BCUT2D eigenvalue weighted by molar-refractivity contribution is -0.384. The zero-order chi connectivity index (χ0) is 18.7. The second-order valence-corrected chi connectivity index (χ2v) is 6.98. The molecule has 3 rings (SSSR count).